The van der Waals surface area contributed by atoms with Crippen LogP contribution in [0.15, 0.2) is 53.5 Å². The summed E-state index contributed by atoms with van der Waals surface area (Å²) in [6.45, 7) is 5.40. The van der Waals surface area contributed by atoms with Crippen LogP contribution < -0.4 is 21.5 Å². The number of carbonyl (C=O) groups is 1. The van der Waals surface area contributed by atoms with Gasteiger partial charge in [0.05, 0.1) is 23.1 Å². The van der Waals surface area contributed by atoms with Gasteiger partial charge in [-0.3, -0.25) is 14.3 Å². The summed E-state index contributed by atoms with van der Waals surface area (Å²) in [4.78, 5) is 27.7. The fraction of sp³-hybridized carbons (Fsp3) is 0.280. The molecule has 5 rings (SSSR count). The van der Waals surface area contributed by atoms with Gasteiger partial charge < -0.3 is 16.0 Å². The minimum Gasteiger partial charge on any atom is -0.368 e. The number of rotatable bonds is 5. The molecule has 36 heavy (non-hydrogen) atoms. The molecule has 0 saturated carbocycles. The lowest BCUT2D eigenvalue weighted by Gasteiger charge is -2.23. The third kappa shape index (κ3) is 4.11. The SMILES string of the molecule is CC(C)n1ncc2c(N3CC[C@H](N)C3)c(NC(=O)c3ccc(=O)n(-c4c(F)cccc4F)n3)ccc21. The van der Waals surface area contributed by atoms with E-state index in [0.29, 0.717) is 23.5 Å². The highest BCUT2D eigenvalue weighted by atomic mass is 19.1. The normalized spacial score (nSPS) is 15.7. The molecule has 2 aromatic heterocycles. The maximum absolute atomic E-state index is 14.3. The Morgan fingerprint density at radius 1 is 1.11 bits per heavy atom. The third-order valence-corrected chi connectivity index (χ3v) is 6.21. The van der Waals surface area contributed by atoms with Crippen LogP contribution in [-0.4, -0.2) is 44.6 Å². The number of nitrogens with two attached hydrogens (primary N) is 1. The molecule has 1 amide bonds. The summed E-state index contributed by atoms with van der Waals surface area (Å²) >= 11 is 0. The molecule has 1 aliphatic rings. The Morgan fingerprint density at radius 2 is 1.86 bits per heavy atom. The van der Waals surface area contributed by atoms with Gasteiger partial charge in [0, 0.05) is 36.6 Å². The average Bonchev–Trinajstić information content (AvgIpc) is 3.46. The van der Waals surface area contributed by atoms with Crippen LogP contribution in [0.1, 0.15) is 36.8 Å². The van der Waals surface area contributed by atoms with E-state index in [-0.39, 0.29) is 17.8 Å². The lowest BCUT2D eigenvalue weighted by atomic mass is 10.1. The van der Waals surface area contributed by atoms with Crippen molar-refractivity contribution >= 4 is 28.2 Å². The first-order chi connectivity index (χ1) is 17.2. The first-order valence-electron chi connectivity index (χ1n) is 11.6. The predicted octanol–water partition coefficient (Wildman–Crippen LogP) is 3.23. The number of hydrogen-bond donors (Lipinski definition) is 2. The number of amides is 1. The van der Waals surface area contributed by atoms with Crippen molar-refractivity contribution in [3.8, 4) is 5.69 Å². The molecular formula is C25H25F2N7O2. The number of carbonyl (C=O) groups excluding carboxylic acids is 1. The van der Waals surface area contributed by atoms with Crippen LogP contribution in [0.3, 0.4) is 0 Å². The maximum atomic E-state index is 14.3. The molecule has 2 aromatic carbocycles. The Balaban J connectivity index is 1.56. The molecule has 11 heteroatoms. The highest BCUT2D eigenvalue weighted by molar-refractivity contribution is 6.08. The maximum Gasteiger partial charge on any atom is 0.276 e. The van der Waals surface area contributed by atoms with Crippen molar-refractivity contribution in [3.63, 3.8) is 0 Å². The second-order valence-electron chi connectivity index (χ2n) is 9.07. The van der Waals surface area contributed by atoms with E-state index in [2.05, 4.69) is 20.4 Å². The van der Waals surface area contributed by atoms with Gasteiger partial charge in [0.15, 0.2) is 11.6 Å². The van der Waals surface area contributed by atoms with E-state index >= 15 is 0 Å². The number of anilines is 2. The summed E-state index contributed by atoms with van der Waals surface area (Å²) in [5, 5.41) is 12.2. The van der Waals surface area contributed by atoms with E-state index < -0.39 is 28.8 Å². The van der Waals surface area contributed by atoms with E-state index in [4.69, 9.17) is 5.73 Å². The topological polar surface area (TPSA) is 111 Å². The molecule has 9 nitrogen and oxygen atoms in total. The van der Waals surface area contributed by atoms with E-state index in [1.54, 1.807) is 12.3 Å². The van der Waals surface area contributed by atoms with Crippen molar-refractivity contribution < 1.29 is 13.6 Å². The molecule has 186 valence electrons. The van der Waals surface area contributed by atoms with Crippen molar-refractivity contribution in [2.24, 2.45) is 5.73 Å². The Bertz CT molecular complexity index is 1510. The molecule has 0 spiro atoms. The number of hydrogen-bond acceptors (Lipinski definition) is 6. The van der Waals surface area contributed by atoms with Crippen molar-refractivity contribution in [1.82, 2.24) is 19.6 Å². The summed E-state index contributed by atoms with van der Waals surface area (Å²) in [5.41, 5.74) is 6.78. The Hall–Kier alpha value is -4.12. The minimum atomic E-state index is -0.970. The number of nitrogens with zero attached hydrogens (tertiary/aromatic N) is 5. The Kier molecular flexibility index (Phi) is 6.00. The molecule has 1 aliphatic heterocycles. The van der Waals surface area contributed by atoms with Crippen LogP contribution >= 0.6 is 0 Å². The average molecular weight is 494 g/mol. The molecule has 3 heterocycles. The van der Waals surface area contributed by atoms with Gasteiger partial charge in [-0.2, -0.15) is 14.9 Å². The summed E-state index contributed by atoms with van der Waals surface area (Å²) in [7, 11) is 0. The highest BCUT2D eigenvalue weighted by Gasteiger charge is 2.26. The summed E-state index contributed by atoms with van der Waals surface area (Å²) in [6, 6.07) is 9.27. The number of halogens is 2. The number of fused-ring (bicyclic) bond motifs is 1. The van der Waals surface area contributed by atoms with E-state index in [1.165, 1.54) is 12.1 Å². The van der Waals surface area contributed by atoms with Gasteiger partial charge in [-0.25, -0.2) is 8.78 Å². The number of para-hydroxylation sites is 1. The van der Waals surface area contributed by atoms with Crippen molar-refractivity contribution in [1.29, 1.82) is 0 Å². The van der Waals surface area contributed by atoms with Crippen molar-refractivity contribution in [3.05, 3.63) is 76.3 Å². The van der Waals surface area contributed by atoms with Crippen molar-refractivity contribution in [2.75, 3.05) is 23.3 Å². The van der Waals surface area contributed by atoms with Crippen molar-refractivity contribution in [2.45, 2.75) is 32.4 Å². The zero-order valence-electron chi connectivity index (χ0n) is 19.8. The standard InChI is InChI=1S/C25H25F2N7O2/c1-14(2)33-21-8-6-19(23(16(21)12-29-33)32-11-10-15(28)13-32)30-25(36)20-7-9-22(35)34(31-20)24-17(26)4-3-5-18(24)27/h3-9,12,14-15H,10-11,13,28H2,1-2H3,(H,30,36)/t15-/m0/s1. The summed E-state index contributed by atoms with van der Waals surface area (Å²) in [5.74, 6) is -2.58. The Morgan fingerprint density at radius 3 is 2.53 bits per heavy atom. The monoisotopic (exact) mass is 493 g/mol. The van der Waals surface area contributed by atoms with E-state index in [1.807, 2.05) is 24.6 Å². The molecule has 1 fully saturated rings. The third-order valence-electron chi connectivity index (χ3n) is 6.21. The van der Waals surface area contributed by atoms with Gasteiger partial charge in [-0.05, 0) is 50.6 Å². The molecule has 0 aliphatic carbocycles. The fourth-order valence-corrected chi connectivity index (χ4v) is 4.52. The summed E-state index contributed by atoms with van der Waals surface area (Å²) in [6.07, 6.45) is 2.58. The summed E-state index contributed by atoms with van der Waals surface area (Å²) < 4.78 is 31.0. The molecule has 0 radical (unpaired) electrons. The molecule has 4 aromatic rings. The lowest BCUT2D eigenvalue weighted by Crippen LogP contribution is -2.28. The number of nitrogens with one attached hydrogen (secondary N) is 1. The van der Waals surface area contributed by atoms with Gasteiger partial charge in [0.2, 0.25) is 0 Å². The molecule has 3 N–H and O–H groups in total. The predicted molar refractivity (Wildman–Crippen MR) is 133 cm³/mol. The highest BCUT2D eigenvalue weighted by Crippen LogP contribution is 2.37. The van der Waals surface area contributed by atoms with Gasteiger partial charge in [0.1, 0.15) is 11.4 Å². The lowest BCUT2D eigenvalue weighted by molar-refractivity contribution is 0.102. The smallest absolute Gasteiger partial charge is 0.276 e. The molecule has 0 unspecified atom stereocenters. The molecular weight excluding hydrogens is 468 g/mol. The van der Waals surface area contributed by atoms with Gasteiger partial charge >= 0.3 is 0 Å². The number of aromatic nitrogens is 4. The van der Waals surface area contributed by atoms with Crippen LogP contribution in [0.4, 0.5) is 20.2 Å². The van der Waals surface area contributed by atoms with Crippen LogP contribution in [0, 0.1) is 11.6 Å². The van der Waals surface area contributed by atoms with Gasteiger partial charge in [-0.15, -0.1) is 0 Å². The van der Waals surface area contributed by atoms with Crippen LogP contribution in [-0.2, 0) is 0 Å². The van der Waals surface area contributed by atoms with Gasteiger partial charge in [-0.1, -0.05) is 6.07 Å². The fourth-order valence-electron chi connectivity index (χ4n) is 4.52. The van der Waals surface area contributed by atoms with E-state index in [9.17, 15) is 18.4 Å². The van der Waals surface area contributed by atoms with E-state index in [0.717, 1.165) is 41.2 Å². The molecule has 0 bridgehead atoms. The number of benzene rings is 2. The van der Waals surface area contributed by atoms with Crippen LogP contribution in [0.2, 0.25) is 0 Å². The van der Waals surface area contributed by atoms with Gasteiger partial charge in [0.25, 0.3) is 11.5 Å². The van der Waals surface area contributed by atoms with Crippen LogP contribution in [0.25, 0.3) is 16.6 Å². The second kappa shape index (κ2) is 9.15. The Labute approximate surface area is 205 Å². The second-order valence-corrected chi connectivity index (χ2v) is 9.07. The quantitative estimate of drug-likeness (QED) is 0.442. The zero-order chi connectivity index (χ0) is 25.6. The largest absolute Gasteiger partial charge is 0.368 e. The van der Waals surface area contributed by atoms with Crippen LogP contribution in [0.5, 0.6) is 0 Å². The minimum absolute atomic E-state index is 0.00448. The first-order valence-corrected chi connectivity index (χ1v) is 11.6. The zero-order valence-corrected chi connectivity index (χ0v) is 19.8. The first kappa shape index (κ1) is 23.6. The molecule has 1 saturated heterocycles. The molecule has 1 atom stereocenters.